The normalized spacial score (nSPS) is 11.9. The summed E-state index contributed by atoms with van der Waals surface area (Å²) < 4.78 is 10.7. The van der Waals surface area contributed by atoms with Crippen LogP contribution in [0.15, 0.2) is 42.5 Å². The maximum absolute atomic E-state index is 12.1. The zero-order valence-electron chi connectivity index (χ0n) is 15.7. The molecule has 6 nitrogen and oxygen atoms in total. The van der Waals surface area contributed by atoms with E-state index in [-0.39, 0.29) is 25.0 Å². The van der Waals surface area contributed by atoms with E-state index in [2.05, 4.69) is 5.32 Å². The molecule has 1 heterocycles. The zero-order valence-corrected chi connectivity index (χ0v) is 15.7. The minimum Gasteiger partial charge on any atom is -0.454 e. The number of hydrogen-bond acceptors (Lipinski definition) is 4. The van der Waals surface area contributed by atoms with Crippen molar-refractivity contribution in [3.63, 3.8) is 0 Å². The Hall–Kier alpha value is -3.02. The van der Waals surface area contributed by atoms with Crippen molar-refractivity contribution >= 4 is 11.8 Å². The second-order valence-corrected chi connectivity index (χ2v) is 6.64. The minimum atomic E-state index is -0.0764. The SMILES string of the molecule is CC(=O)N(CCC(=O)NCc1ccc(C)cc1)Cc1ccc2c(c1)OCO2. The van der Waals surface area contributed by atoms with Crippen LogP contribution in [-0.2, 0) is 22.7 Å². The molecule has 0 unspecified atom stereocenters. The maximum Gasteiger partial charge on any atom is 0.231 e. The fraction of sp³-hybridized carbons (Fsp3) is 0.333. The van der Waals surface area contributed by atoms with Crippen LogP contribution in [0.4, 0.5) is 0 Å². The molecule has 0 atom stereocenters. The fourth-order valence-electron chi connectivity index (χ4n) is 2.84. The summed E-state index contributed by atoms with van der Waals surface area (Å²) in [5, 5.41) is 2.90. The first-order valence-electron chi connectivity index (χ1n) is 8.97. The van der Waals surface area contributed by atoms with Crippen LogP contribution in [0.5, 0.6) is 11.5 Å². The molecule has 0 bridgehead atoms. The number of nitrogens with one attached hydrogen (secondary N) is 1. The van der Waals surface area contributed by atoms with Crippen LogP contribution in [-0.4, -0.2) is 30.1 Å². The van der Waals surface area contributed by atoms with E-state index in [1.165, 1.54) is 12.5 Å². The number of carbonyl (C=O) groups is 2. The number of benzene rings is 2. The van der Waals surface area contributed by atoms with Crippen LogP contribution in [0.2, 0.25) is 0 Å². The van der Waals surface area contributed by atoms with Gasteiger partial charge in [0.05, 0.1) is 0 Å². The van der Waals surface area contributed by atoms with Gasteiger partial charge in [-0.05, 0) is 30.2 Å². The van der Waals surface area contributed by atoms with Crippen molar-refractivity contribution in [2.45, 2.75) is 33.4 Å². The summed E-state index contributed by atoms with van der Waals surface area (Å²) in [5.41, 5.74) is 3.18. The Kier molecular flexibility index (Phi) is 5.96. The molecular formula is C21H24N2O4. The number of rotatable bonds is 7. The van der Waals surface area contributed by atoms with Gasteiger partial charge in [-0.25, -0.2) is 0 Å². The first-order chi connectivity index (χ1) is 13.0. The lowest BCUT2D eigenvalue weighted by Crippen LogP contribution is -2.33. The molecule has 142 valence electrons. The van der Waals surface area contributed by atoms with E-state index in [9.17, 15) is 9.59 Å². The molecule has 3 rings (SSSR count). The van der Waals surface area contributed by atoms with Gasteiger partial charge in [0.1, 0.15) is 0 Å². The Morgan fingerprint density at radius 3 is 2.48 bits per heavy atom. The lowest BCUT2D eigenvalue weighted by atomic mass is 10.1. The highest BCUT2D eigenvalue weighted by Gasteiger charge is 2.16. The molecule has 1 aliphatic heterocycles. The van der Waals surface area contributed by atoms with Crippen LogP contribution in [0.1, 0.15) is 30.0 Å². The van der Waals surface area contributed by atoms with Crippen LogP contribution < -0.4 is 14.8 Å². The van der Waals surface area contributed by atoms with E-state index < -0.39 is 0 Å². The highest BCUT2D eigenvalue weighted by Crippen LogP contribution is 2.32. The van der Waals surface area contributed by atoms with E-state index >= 15 is 0 Å². The minimum absolute atomic E-state index is 0.0704. The van der Waals surface area contributed by atoms with Crippen LogP contribution in [0.3, 0.4) is 0 Å². The predicted octanol–water partition coefficient (Wildman–Crippen LogP) is 2.78. The van der Waals surface area contributed by atoms with Crippen molar-refractivity contribution in [1.82, 2.24) is 10.2 Å². The average Bonchev–Trinajstić information content (AvgIpc) is 3.12. The highest BCUT2D eigenvalue weighted by molar-refractivity contribution is 5.78. The van der Waals surface area contributed by atoms with E-state index in [1.807, 2.05) is 49.4 Å². The molecule has 2 aromatic rings. The summed E-state index contributed by atoms with van der Waals surface area (Å²) in [5.74, 6) is 1.25. The van der Waals surface area contributed by atoms with Crippen molar-refractivity contribution in [1.29, 1.82) is 0 Å². The summed E-state index contributed by atoms with van der Waals surface area (Å²) in [6, 6.07) is 13.6. The van der Waals surface area contributed by atoms with E-state index in [1.54, 1.807) is 4.90 Å². The topological polar surface area (TPSA) is 67.9 Å². The Bertz CT molecular complexity index is 817. The van der Waals surface area contributed by atoms with Gasteiger partial charge in [0.15, 0.2) is 11.5 Å². The number of ether oxygens (including phenoxy) is 2. The molecule has 27 heavy (non-hydrogen) atoms. The molecular weight excluding hydrogens is 344 g/mol. The highest BCUT2D eigenvalue weighted by atomic mass is 16.7. The van der Waals surface area contributed by atoms with Gasteiger partial charge < -0.3 is 19.7 Å². The van der Waals surface area contributed by atoms with Crippen molar-refractivity contribution in [2.24, 2.45) is 0 Å². The summed E-state index contributed by atoms with van der Waals surface area (Å²) in [4.78, 5) is 25.7. The first kappa shape index (κ1) is 18.8. The van der Waals surface area contributed by atoms with Crippen LogP contribution in [0, 0.1) is 6.92 Å². The molecule has 1 aliphatic rings. The van der Waals surface area contributed by atoms with Crippen molar-refractivity contribution in [2.75, 3.05) is 13.3 Å². The third kappa shape index (κ3) is 5.23. The zero-order chi connectivity index (χ0) is 19.2. The van der Waals surface area contributed by atoms with Crippen molar-refractivity contribution < 1.29 is 19.1 Å². The third-order valence-electron chi connectivity index (χ3n) is 4.47. The Labute approximate surface area is 159 Å². The van der Waals surface area contributed by atoms with Crippen LogP contribution >= 0.6 is 0 Å². The van der Waals surface area contributed by atoms with Gasteiger partial charge in [0, 0.05) is 33.0 Å². The predicted molar refractivity (Wildman–Crippen MR) is 101 cm³/mol. The molecule has 0 aromatic heterocycles. The Morgan fingerprint density at radius 2 is 1.74 bits per heavy atom. The number of fused-ring (bicyclic) bond motifs is 1. The molecule has 2 aromatic carbocycles. The summed E-state index contributed by atoms with van der Waals surface area (Å²) >= 11 is 0. The molecule has 1 N–H and O–H groups in total. The Morgan fingerprint density at radius 1 is 1.04 bits per heavy atom. The summed E-state index contributed by atoms with van der Waals surface area (Å²) in [7, 11) is 0. The van der Waals surface area contributed by atoms with E-state index in [0.717, 1.165) is 11.1 Å². The third-order valence-corrected chi connectivity index (χ3v) is 4.47. The lowest BCUT2D eigenvalue weighted by Gasteiger charge is -2.21. The van der Waals surface area contributed by atoms with Crippen molar-refractivity contribution in [3.05, 3.63) is 59.2 Å². The monoisotopic (exact) mass is 368 g/mol. The van der Waals surface area contributed by atoms with Gasteiger partial charge in [0.25, 0.3) is 0 Å². The lowest BCUT2D eigenvalue weighted by molar-refractivity contribution is -0.130. The second-order valence-electron chi connectivity index (χ2n) is 6.64. The largest absolute Gasteiger partial charge is 0.454 e. The fourth-order valence-corrected chi connectivity index (χ4v) is 2.84. The van der Waals surface area contributed by atoms with E-state index in [4.69, 9.17) is 9.47 Å². The maximum atomic E-state index is 12.1. The molecule has 0 aliphatic carbocycles. The van der Waals surface area contributed by atoms with Crippen molar-refractivity contribution in [3.8, 4) is 11.5 Å². The Balaban J connectivity index is 1.49. The number of hydrogen-bond donors (Lipinski definition) is 1. The number of carbonyl (C=O) groups excluding carboxylic acids is 2. The standard InChI is InChI=1S/C21H24N2O4/c1-15-3-5-17(6-4-15)12-22-21(25)9-10-23(16(2)24)13-18-7-8-19-20(11-18)27-14-26-19/h3-8,11H,9-10,12-14H2,1-2H3,(H,22,25). The van der Waals surface area contributed by atoms with E-state index in [0.29, 0.717) is 31.1 Å². The van der Waals surface area contributed by atoms with Gasteiger partial charge >= 0.3 is 0 Å². The molecule has 0 fully saturated rings. The molecule has 0 saturated heterocycles. The number of amides is 2. The molecule has 0 radical (unpaired) electrons. The smallest absolute Gasteiger partial charge is 0.231 e. The molecule has 0 saturated carbocycles. The molecule has 0 spiro atoms. The average molecular weight is 368 g/mol. The quantitative estimate of drug-likeness (QED) is 0.816. The van der Waals surface area contributed by atoms with Gasteiger partial charge in [-0.15, -0.1) is 0 Å². The summed E-state index contributed by atoms with van der Waals surface area (Å²) in [6.07, 6.45) is 0.260. The number of aryl methyl sites for hydroxylation is 1. The molecule has 6 heteroatoms. The van der Waals surface area contributed by atoms with Gasteiger partial charge in [-0.2, -0.15) is 0 Å². The number of nitrogens with zero attached hydrogens (tertiary/aromatic N) is 1. The van der Waals surface area contributed by atoms with Gasteiger partial charge in [-0.3, -0.25) is 9.59 Å². The first-order valence-corrected chi connectivity index (χ1v) is 8.97. The summed E-state index contributed by atoms with van der Waals surface area (Å²) in [6.45, 7) is 5.04. The second kappa shape index (κ2) is 8.58. The molecule has 2 amide bonds. The van der Waals surface area contributed by atoms with Gasteiger partial charge in [-0.1, -0.05) is 35.9 Å². The van der Waals surface area contributed by atoms with Crippen LogP contribution in [0.25, 0.3) is 0 Å². The van der Waals surface area contributed by atoms with Gasteiger partial charge in [0.2, 0.25) is 18.6 Å².